The molecule has 1 aromatic carbocycles. The second-order valence-corrected chi connectivity index (χ2v) is 6.93. The van der Waals surface area contributed by atoms with Crippen LogP contribution >= 0.6 is 0 Å². The molecule has 0 amide bonds. The molecule has 0 bridgehead atoms. The monoisotopic (exact) mass is 369 g/mol. The minimum absolute atomic E-state index is 0.0155. The van der Waals surface area contributed by atoms with Gasteiger partial charge in [-0.25, -0.2) is 8.78 Å². The van der Waals surface area contributed by atoms with E-state index >= 15 is 0 Å². The molecule has 1 saturated carbocycles. The van der Waals surface area contributed by atoms with E-state index in [4.69, 9.17) is 4.74 Å². The van der Waals surface area contributed by atoms with Crippen molar-refractivity contribution < 1.29 is 13.5 Å². The molecule has 3 aromatic rings. The second-order valence-electron chi connectivity index (χ2n) is 6.93. The van der Waals surface area contributed by atoms with Gasteiger partial charge in [0, 0.05) is 30.9 Å². The fraction of sp³-hybridized carbons (Fsp3) is 0.316. The number of alkyl halides is 2. The summed E-state index contributed by atoms with van der Waals surface area (Å²) in [6.07, 6.45) is 1.64. The predicted octanol–water partition coefficient (Wildman–Crippen LogP) is 3.37. The SMILES string of the molecule is Cn1nc(OCC2CC2(F)F)c2ccc(NC3=NCc4cccnc43)cc21. The van der Waals surface area contributed by atoms with Crippen molar-refractivity contribution in [2.45, 2.75) is 18.9 Å². The molecule has 8 heteroatoms. The molecule has 138 valence electrons. The second kappa shape index (κ2) is 5.73. The van der Waals surface area contributed by atoms with E-state index in [1.807, 2.05) is 30.3 Å². The molecule has 1 aliphatic heterocycles. The van der Waals surface area contributed by atoms with Crippen LogP contribution in [0.1, 0.15) is 17.7 Å². The van der Waals surface area contributed by atoms with Crippen LogP contribution in [0.2, 0.25) is 0 Å². The van der Waals surface area contributed by atoms with Crippen molar-refractivity contribution in [3.63, 3.8) is 0 Å². The lowest BCUT2D eigenvalue weighted by Gasteiger charge is -2.07. The van der Waals surface area contributed by atoms with Crippen molar-refractivity contribution in [3.8, 4) is 5.88 Å². The number of anilines is 1. The molecule has 3 heterocycles. The van der Waals surface area contributed by atoms with Crippen LogP contribution in [0.15, 0.2) is 41.5 Å². The fourth-order valence-electron chi connectivity index (χ4n) is 3.29. The van der Waals surface area contributed by atoms with E-state index < -0.39 is 11.8 Å². The number of pyridine rings is 1. The zero-order chi connectivity index (χ0) is 18.6. The Morgan fingerprint density at radius 2 is 2.19 bits per heavy atom. The van der Waals surface area contributed by atoms with Crippen molar-refractivity contribution in [1.82, 2.24) is 14.8 Å². The highest BCUT2D eigenvalue weighted by Crippen LogP contribution is 2.48. The molecule has 1 fully saturated rings. The summed E-state index contributed by atoms with van der Waals surface area (Å²) < 4.78 is 33.3. The fourth-order valence-corrected chi connectivity index (χ4v) is 3.29. The highest BCUT2D eigenvalue weighted by molar-refractivity contribution is 6.09. The topological polar surface area (TPSA) is 64.3 Å². The minimum atomic E-state index is -2.59. The largest absolute Gasteiger partial charge is 0.476 e. The first kappa shape index (κ1) is 16.2. The van der Waals surface area contributed by atoms with Gasteiger partial charge in [0.05, 0.1) is 30.0 Å². The van der Waals surface area contributed by atoms with Crippen LogP contribution in [0.4, 0.5) is 14.5 Å². The van der Waals surface area contributed by atoms with Crippen molar-refractivity contribution in [1.29, 1.82) is 0 Å². The number of aromatic nitrogens is 3. The van der Waals surface area contributed by atoms with Crippen LogP contribution in [-0.4, -0.2) is 33.1 Å². The van der Waals surface area contributed by atoms with Gasteiger partial charge in [0.2, 0.25) is 5.88 Å². The molecule has 1 N–H and O–H groups in total. The summed E-state index contributed by atoms with van der Waals surface area (Å²) in [6.45, 7) is 0.599. The molecule has 2 aromatic heterocycles. The quantitative estimate of drug-likeness (QED) is 0.766. The van der Waals surface area contributed by atoms with E-state index in [-0.39, 0.29) is 13.0 Å². The molecule has 0 saturated heterocycles. The lowest BCUT2D eigenvalue weighted by molar-refractivity contribution is 0.0851. The summed E-state index contributed by atoms with van der Waals surface area (Å²) in [4.78, 5) is 8.89. The number of amidine groups is 1. The molecule has 6 nitrogen and oxygen atoms in total. The highest BCUT2D eigenvalue weighted by atomic mass is 19.3. The Kier molecular flexibility index (Phi) is 3.43. The van der Waals surface area contributed by atoms with Gasteiger partial charge < -0.3 is 10.1 Å². The zero-order valence-electron chi connectivity index (χ0n) is 14.6. The number of benzene rings is 1. The van der Waals surface area contributed by atoms with Crippen LogP contribution in [0.25, 0.3) is 10.9 Å². The van der Waals surface area contributed by atoms with Crippen molar-refractivity contribution >= 4 is 22.4 Å². The van der Waals surface area contributed by atoms with Gasteiger partial charge in [0.25, 0.3) is 5.92 Å². The minimum Gasteiger partial charge on any atom is -0.476 e. The predicted molar refractivity (Wildman–Crippen MR) is 97.4 cm³/mol. The van der Waals surface area contributed by atoms with Crippen LogP contribution < -0.4 is 10.1 Å². The first-order valence-corrected chi connectivity index (χ1v) is 8.74. The number of ether oxygens (including phenoxy) is 1. The first-order chi connectivity index (χ1) is 13.0. The zero-order valence-corrected chi connectivity index (χ0v) is 14.6. The Bertz CT molecular complexity index is 1080. The smallest absolute Gasteiger partial charge is 0.255 e. The third-order valence-electron chi connectivity index (χ3n) is 4.98. The van der Waals surface area contributed by atoms with Gasteiger partial charge in [-0.2, -0.15) is 0 Å². The lowest BCUT2D eigenvalue weighted by atomic mass is 10.2. The van der Waals surface area contributed by atoms with Gasteiger partial charge in [-0.05, 0) is 24.3 Å². The van der Waals surface area contributed by atoms with Gasteiger partial charge in [-0.1, -0.05) is 6.07 Å². The number of halogens is 2. The molecule has 1 atom stereocenters. The summed E-state index contributed by atoms with van der Waals surface area (Å²) in [5.41, 5.74) is 3.64. The summed E-state index contributed by atoms with van der Waals surface area (Å²) >= 11 is 0. The van der Waals surface area contributed by atoms with Gasteiger partial charge in [-0.3, -0.25) is 14.7 Å². The van der Waals surface area contributed by atoms with E-state index in [1.165, 1.54) is 0 Å². The van der Waals surface area contributed by atoms with Crippen molar-refractivity contribution in [2.75, 3.05) is 11.9 Å². The van der Waals surface area contributed by atoms with Gasteiger partial charge >= 0.3 is 0 Å². The Morgan fingerprint density at radius 1 is 1.33 bits per heavy atom. The molecular formula is C19H17F2N5O. The van der Waals surface area contributed by atoms with Gasteiger partial charge in [-0.15, -0.1) is 5.10 Å². The molecular weight excluding hydrogens is 352 g/mol. The van der Waals surface area contributed by atoms with E-state index in [9.17, 15) is 8.78 Å². The number of fused-ring (bicyclic) bond motifs is 2. The van der Waals surface area contributed by atoms with Crippen LogP contribution in [0.5, 0.6) is 5.88 Å². The number of rotatable bonds is 4. The Hall–Kier alpha value is -3.03. The normalized spacial score (nSPS) is 19.7. The van der Waals surface area contributed by atoms with E-state index in [0.29, 0.717) is 12.4 Å². The average Bonchev–Trinajstić information content (AvgIpc) is 2.97. The summed E-state index contributed by atoms with van der Waals surface area (Å²) in [5, 5.41) is 8.42. The Balaban J connectivity index is 1.37. The van der Waals surface area contributed by atoms with Crippen LogP contribution in [0.3, 0.4) is 0 Å². The summed E-state index contributed by atoms with van der Waals surface area (Å²) in [6, 6.07) is 9.62. The maximum Gasteiger partial charge on any atom is 0.255 e. The number of nitrogens with zero attached hydrogens (tertiary/aromatic N) is 4. The number of nitrogens with one attached hydrogen (secondary N) is 1. The van der Waals surface area contributed by atoms with Crippen LogP contribution in [-0.2, 0) is 13.6 Å². The number of aryl methyl sites for hydroxylation is 1. The molecule has 0 spiro atoms. The van der Waals surface area contributed by atoms with Gasteiger partial charge in [0.1, 0.15) is 5.69 Å². The van der Waals surface area contributed by atoms with Crippen molar-refractivity contribution in [3.05, 3.63) is 47.8 Å². The highest BCUT2D eigenvalue weighted by Gasteiger charge is 2.57. The standard InChI is InChI=1S/C19H17F2N5O/c1-26-15-7-13(24-17-16-11(9-23-17)3-2-6-22-16)4-5-14(15)18(25-26)27-10-12-8-19(12,20)21/h2-7,12H,8-10H2,1H3,(H,23,24). The number of hydrogen-bond acceptors (Lipinski definition) is 5. The first-order valence-electron chi connectivity index (χ1n) is 8.74. The maximum absolute atomic E-state index is 13.0. The van der Waals surface area contributed by atoms with E-state index in [2.05, 4.69) is 20.4 Å². The third-order valence-corrected chi connectivity index (χ3v) is 4.98. The molecule has 1 unspecified atom stereocenters. The third kappa shape index (κ3) is 2.81. The van der Waals surface area contributed by atoms with Gasteiger partial charge in [0.15, 0.2) is 5.84 Å². The maximum atomic E-state index is 13.0. The summed E-state index contributed by atoms with van der Waals surface area (Å²) in [7, 11) is 1.80. The van der Waals surface area contributed by atoms with E-state index in [1.54, 1.807) is 17.9 Å². The lowest BCUT2D eigenvalue weighted by Crippen LogP contribution is -2.13. The van der Waals surface area contributed by atoms with E-state index in [0.717, 1.165) is 33.7 Å². The number of aliphatic imine (C=N–C) groups is 1. The molecule has 2 aliphatic rings. The average molecular weight is 369 g/mol. The van der Waals surface area contributed by atoms with Crippen LogP contribution in [0, 0.1) is 5.92 Å². The molecule has 5 rings (SSSR count). The molecule has 27 heavy (non-hydrogen) atoms. The molecule has 1 aliphatic carbocycles. The Labute approximate surface area is 153 Å². The molecule has 0 radical (unpaired) electrons. The summed E-state index contributed by atoms with van der Waals surface area (Å²) in [5.74, 6) is -2.18. The van der Waals surface area contributed by atoms with Crippen molar-refractivity contribution in [2.24, 2.45) is 18.0 Å². The Morgan fingerprint density at radius 3 is 3.00 bits per heavy atom. The number of hydrogen-bond donors (Lipinski definition) is 1.